The second kappa shape index (κ2) is 7.14. The third-order valence-electron chi connectivity index (χ3n) is 3.63. The topological polar surface area (TPSA) is 116 Å². The van der Waals surface area contributed by atoms with Crippen LogP contribution in [0.15, 0.2) is 23.1 Å². The Morgan fingerprint density at radius 3 is 2.54 bits per heavy atom. The zero-order chi connectivity index (χ0) is 17.9. The maximum atomic E-state index is 12.5. The number of nitrogens with zero attached hydrogens (tertiary/aromatic N) is 2. The largest absolute Gasteiger partial charge is 0.471 e. The highest BCUT2D eigenvalue weighted by Crippen LogP contribution is 2.32. The van der Waals surface area contributed by atoms with Crippen molar-refractivity contribution >= 4 is 21.7 Å². The van der Waals surface area contributed by atoms with Crippen LogP contribution < -0.4 is 4.74 Å². The van der Waals surface area contributed by atoms with E-state index in [2.05, 4.69) is 0 Å². The first-order valence-electron chi connectivity index (χ1n) is 7.43. The molecule has 1 aromatic carbocycles. The summed E-state index contributed by atoms with van der Waals surface area (Å²) >= 11 is 0. The Bertz CT molecular complexity index is 743. The van der Waals surface area contributed by atoms with Crippen molar-refractivity contribution in [3.63, 3.8) is 0 Å². The molecule has 0 bridgehead atoms. The predicted octanol–water partition coefficient (Wildman–Crippen LogP) is 1.32. The van der Waals surface area contributed by atoms with E-state index in [0.29, 0.717) is 0 Å². The molecule has 1 atom stereocenters. The van der Waals surface area contributed by atoms with E-state index in [-0.39, 0.29) is 36.8 Å². The van der Waals surface area contributed by atoms with E-state index in [9.17, 15) is 23.3 Å². The number of nitro benzene ring substituents is 1. The van der Waals surface area contributed by atoms with Crippen LogP contribution in [0.25, 0.3) is 0 Å². The normalized spacial score (nSPS) is 17.8. The second-order valence-electron chi connectivity index (χ2n) is 5.04. The number of esters is 1. The molecule has 0 N–H and O–H groups in total. The van der Waals surface area contributed by atoms with Crippen LogP contribution in [0, 0.1) is 10.1 Å². The number of hydrogen-bond donors (Lipinski definition) is 0. The minimum Gasteiger partial charge on any atom is -0.471 e. The molecule has 1 aliphatic rings. The molecule has 0 unspecified atom stereocenters. The molecule has 0 aromatic heterocycles. The Morgan fingerprint density at radius 1 is 1.38 bits per heavy atom. The van der Waals surface area contributed by atoms with E-state index in [4.69, 9.17) is 9.47 Å². The fourth-order valence-electron chi connectivity index (χ4n) is 2.35. The Hall–Kier alpha value is -2.20. The van der Waals surface area contributed by atoms with Crippen molar-refractivity contribution in [3.05, 3.63) is 28.3 Å². The Balaban J connectivity index is 2.40. The van der Waals surface area contributed by atoms with Crippen molar-refractivity contribution in [1.82, 2.24) is 4.31 Å². The standard InChI is InChI=1S/C14H18N2O7S/c1-3-15(4-2)24(20,21)10-5-6-12(11(9-10)16(18)19)23-13-7-8-22-14(13)17/h5-6,9,13H,3-4,7-8H2,1-2H3/t13-/m0/s1. The van der Waals surface area contributed by atoms with Gasteiger partial charge in [-0.25, -0.2) is 13.2 Å². The first-order chi connectivity index (χ1) is 11.3. The van der Waals surface area contributed by atoms with Crippen molar-refractivity contribution in [2.45, 2.75) is 31.3 Å². The maximum absolute atomic E-state index is 12.5. The molecule has 1 fully saturated rings. The lowest BCUT2D eigenvalue weighted by Gasteiger charge is -2.18. The molecule has 10 heteroatoms. The van der Waals surface area contributed by atoms with Crippen LogP contribution in [0.2, 0.25) is 0 Å². The van der Waals surface area contributed by atoms with Crippen molar-refractivity contribution < 1.29 is 27.6 Å². The summed E-state index contributed by atoms with van der Waals surface area (Å²) in [5.41, 5.74) is -0.511. The molecule has 0 aliphatic carbocycles. The number of rotatable bonds is 7. The van der Waals surface area contributed by atoms with Gasteiger partial charge < -0.3 is 9.47 Å². The van der Waals surface area contributed by atoms with Crippen LogP contribution in [-0.2, 0) is 19.6 Å². The van der Waals surface area contributed by atoms with Gasteiger partial charge >= 0.3 is 11.7 Å². The number of hydrogen-bond acceptors (Lipinski definition) is 7. The third kappa shape index (κ3) is 3.49. The minimum atomic E-state index is -3.83. The van der Waals surface area contributed by atoms with Crippen LogP contribution in [0.4, 0.5) is 5.69 Å². The van der Waals surface area contributed by atoms with Crippen LogP contribution >= 0.6 is 0 Å². The van der Waals surface area contributed by atoms with Crippen molar-refractivity contribution in [1.29, 1.82) is 0 Å². The van der Waals surface area contributed by atoms with E-state index in [1.165, 1.54) is 16.4 Å². The van der Waals surface area contributed by atoms with Gasteiger partial charge in [0.2, 0.25) is 10.0 Å². The highest BCUT2D eigenvalue weighted by atomic mass is 32.2. The number of carbonyl (C=O) groups is 1. The van der Waals surface area contributed by atoms with Gasteiger partial charge in [-0.15, -0.1) is 0 Å². The van der Waals surface area contributed by atoms with E-state index in [0.717, 1.165) is 6.07 Å². The number of ether oxygens (including phenoxy) is 2. The summed E-state index contributed by atoms with van der Waals surface area (Å²) in [6.07, 6.45) is -0.635. The van der Waals surface area contributed by atoms with E-state index in [1.54, 1.807) is 13.8 Å². The third-order valence-corrected chi connectivity index (χ3v) is 5.67. The Morgan fingerprint density at radius 2 is 2.04 bits per heavy atom. The van der Waals surface area contributed by atoms with Gasteiger partial charge in [0.25, 0.3) is 0 Å². The van der Waals surface area contributed by atoms with Gasteiger partial charge in [0.05, 0.1) is 16.4 Å². The summed E-state index contributed by atoms with van der Waals surface area (Å²) in [5.74, 6) is -0.758. The summed E-state index contributed by atoms with van der Waals surface area (Å²) in [5, 5.41) is 11.3. The molecule has 9 nitrogen and oxygen atoms in total. The molecule has 0 radical (unpaired) electrons. The molecular weight excluding hydrogens is 340 g/mol. The maximum Gasteiger partial charge on any atom is 0.347 e. The molecular formula is C14H18N2O7S. The average Bonchev–Trinajstić information content (AvgIpc) is 2.93. The zero-order valence-electron chi connectivity index (χ0n) is 13.3. The lowest BCUT2D eigenvalue weighted by Crippen LogP contribution is -2.30. The fourth-order valence-corrected chi connectivity index (χ4v) is 3.83. The smallest absolute Gasteiger partial charge is 0.347 e. The Labute approximate surface area is 139 Å². The summed E-state index contributed by atoms with van der Waals surface area (Å²) in [4.78, 5) is 21.8. The first-order valence-corrected chi connectivity index (χ1v) is 8.87. The highest BCUT2D eigenvalue weighted by Gasteiger charge is 2.32. The number of nitro groups is 1. The predicted molar refractivity (Wildman–Crippen MR) is 83.2 cm³/mol. The van der Waals surface area contributed by atoms with E-state index >= 15 is 0 Å². The molecule has 2 rings (SSSR count). The molecule has 0 amide bonds. The van der Waals surface area contributed by atoms with Gasteiger partial charge in [-0.2, -0.15) is 4.31 Å². The van der Waals surface area contributed by atoms with E-state index < -0.39 is 32.7 Å². The molecule has 1 heterocycles. The summed E-state index contributed by atoms with van der Waals surface area (Å²) in [7, 11) is -3.83. The summed E-state index contributed by atoms with van der Waals surface area (Å²) < 4.78 is 36.2. The summed E-state index contributed by atoms with van der Waals surface area (Å²) in [6, 6.07) is 3.37. The van der Waals surface area contributed by atoms with Gasteiger partial charge in [-0.1, -0.05) is 13.8 Å². The van der Waals surface area contributed by atoms with Crippen LogP contribution in [0.1, 0.15) is 20.3 Å². The minimum absolute atomic E-state index is 0.164. The number of cyclic esters (lactones) is 1. The van der Waals surface area contributed by atoms with Crippen LogP contribution in [-0.4, -0.2) is 49.4 Å². The van der Waals surface area contributed by atoms with Gasteiger partial charge in [-0.3, -0.25) is 10.1 Å². The monoisotopic (exact) mass is 358 g/mol. The van der Waals surface area contributed by atoms with Crippen molar-refractivity contribution in [2.24, 2.45) is 0 Å². The molecule has 0 spiro atoms. The average molecular weight is 358 g/mol. The lowest BCUT2D eigenvalue weighted by atomic mass is 10.2. The van der Waals surface area contributed by atoms with Crippen molar-refractivity contribution in [2.75, 3.05) is 19.7 Å². The van der Waals surface area contributed by atoms with E-state index in [1.807, 2.05) is 0 Å². The lowest BCUT2D eigenvalue weighted by molar-refractivity contribution is -0.386. The zero-order valence-corrected chi connectivity index (χ0v) is 14.1. The quantitative estimate of drug-likeness (QED) is 0.410. The number of sulfonamides is 1. The van der Waals surface area contributed by atoms with Gasteiger partial charge in [0.1, 0.15) is 0 Å². The molecule has 0 saturated carbocycles. The van der Waals surface area contributed by atoms with Crippen LogP contribution in [0.5, 0.6) is 5.75 Å². The SMILES string of the molecule is CCN(CC)S(=O)(=O)c1ccc(O[C@H]2CCOC2=O)c([N+](=O)[O-])c1. The number of carbonyl (C=O) groups excluding carboxylic acids is 1. The highest BCUT2D eigenvalue weighted by molar-refractivity contribution is 7.89. The van der Waals surface area contributed by atoms with Gasteiger partial charge in [0.15, 0.2) is 11.9 Å². The molecule has 1 aromatic rings. The first kappa shape index (κ1) is 18.1. The Kier molecular flexibility index (Phi) is 5.40. The van der Waals surface area contributed by atoms with Crippen LogP contribution in [0.3, 0.4) is 0 Å². The van der Waals surface area contributed by atoms with Crippen molar-refractivity contribution in [3.8, 4) is 5.75 Å². The molecule has 24 heavy (non-hydrogen) atoms. The molecule has 1 saturated heterocycles. The number of benzene rings is 1. The second-order valence-corrected chi connectivity index (χ2v) is 6.98. The van der Waals surface area contributed by atoms with Gasteiger partial charge in [-0.05, 0) is 12.1 Å². The molecule has 132 valence electrons. The van der Waals surface area contributed by atoms with Gasteiger partial charge in [0, 0.05) is 25.6 Å². The molecule has 1 aliphatic heterocycles. The fraction of sp³-hybridized carbons (Fsp3) is 0.500. The summed E-state index contributed by atoms with van der Waals surface area (Å²) in [6.45, 7) is 4.04.